The second-order valence-electron chi connectivity index (χ2n) is 4.46. The molecule has 6 heteroatoms. The number of carbonyl (C=O) groups excluding carboxylic acids is 1. The lowest BCUT2D eigenvalue weighted by molar-refractivity contribution is -0.137. The van der Waals surface area contributed by atoms with E-state index in [4.69, 9.17) is 11.6 Å². The summed E-state index contributed by atoms with van der Waals surface area (Å²) in [5.41, 5.74) is 0. The molecule has 0 amide bonds. The summed E-state index contributed by atoms with van der Waals surface area (Å²) >= 11 is 5.65. The lowest BCUT2D eigenvalue weighted by Gasteiger charge is -2.43. The Balaban J connectivity index is 1.77. The summed E-state index contributed by atoms with van der Waals surface area (Å²) < 4.78 is 1.66. The van der Waals surface area contributed by atoms with E-state index in [1.807, 2.05) is 0 Å². The number of hydrogen-bond acceptors (Lipinski definition) is 4. The number of rotatable bonds is 2. The molecule has 0 N–H and O–H groups in total. The van der Waals surface area contributed by atoms with E-state index in [0.29, 0.717) is 12.3 Å². The van der Waals surface area contributed by atoms with E-state index >= 15 is 0 Å². The average Bonchev–Trinajstić information content (AvgIpc) is 2.70. The third-order valence-corrected chi connectivity index (χ3v) is 3.74. The van der Waals surface area contributed by atoms with Crippen molar-refractivity contribution >= 4 is 17.4 Å². The van der Waals surface area contributed by atoms with E-state index in [9.17, 15) is 4.79 Å². The van der Waals surface area contributed by atoms with Crippen molar-refractivity contribution in [2.75, 3.05) is 13.1 Å². The molecule has 1 aromatic heterocycles. The number of carbonyl (C=O) groups is 1. The summed E-state index contributed by atoms with van der Waals surface area (Å²) in [6.45, 7) is 2.64. The van der Waals surface area contributed by atoms with Crippen LogP contribution >= 0.6 is 11.6 Å². The predicted molar refractivity (Wildman–Crippen MR) is 58.1 cm³/mol. The Morgan fingerprint density at radius 1 is 1.44 bits per heavy atom. The topological polar surface area (TPSA) is 51.0 Å². The Bertz CT molecular complexity index is 411. The van der Waals surface area contributed by atoms with E-state index in [-0.39, 0.29) is 17.2 Å². The van der Waals surface area contributed by atoms with Crippen LogP contribution < -0.4 is 0 Å². The van der Waals surface area contributed by atoms with Crippen molar-refractivity contribution in [3.05, 3.63) is 11.6 Å². The Kier molecular flexibility index (Phi) is 2.44. The zero-order chi connectivity index (χ0) is 11.1. The predicted octanol–water partition coefficient (Wildman–Crippen LogP) is 0.595. The van der Waals surface area contributed by atoms with Crippen molar-refractivity contribution < 1.29 is 4.79 Å². The first-order chi connectivity index (χ1) is 7.74. The molecule has 4 rings (SSSR count). The molecule has 4 heterocycles. The Morgan fingerprint density at radius 3 is 2.75 bits per heavy atom. The highest BCUT2D eigenvalue weighted by atomic mass is 35.5. The van der Waals surface area contributed by atoms with Crippen LogP contribution in [-0.2, 0) is 11.3 Å². The molecule has 2 bridgehead atoms. The number of fused-ring (bicyclic) bond motifs is 3. The number of halogens is 1. The molecule has 3 fully saturated rings. The Labute approximate surface area is 98.4 Å². The van der Waals surface area contributed by atoms with E-state index in [0.717, 1.165) is 25.9 Å². The standard InChI is InChI=1S/C10H13ClN4O/c11-10-12-6-15(13-10)5-8-9(16)7-1-3-14(8)4-2-7/h6-8H,1-5H2. The van der Waals surface area contributed by atoms with Gasteiger partial charge in [-0.15, -0.1) is 5.10 Å². The van der Waals surface area contributed by atoms with Crippen LogP contribution in [0, 0.1) is 5.92 Å². The van der Waals surface area contributed by atoms with Gasteiger partial charge in [0.25, 0.3) is 0 Å². The summed E-state index contributed by atoms with van der Waals surface area (Å²) in [5, 5.41) is 4.25. The minimum atomic E-state index is -0.0229. The van der Waals surface area contributed by atoms with Crippen molar-refractivity contribution in [2.45, 2.75) is 25.4 Å². The molecule has 3 aliphatic rings. The molecule has 0 spiro atoms. The average molecular weight is 241 g/mol. The molecule has 0 radical (unpaired) electrons. The van der Waals surface area contributed by atoms with Gasteiger partial charge in [0.2, 0.25) is 5.28 Å². The lowest BCUT2D eigenvalue weighted by Crippen LogP contribution is -2.56. The van der Waals surface area contributed by atoms with Gasteiger partial charge >= 0.3 is 0 Å². The molecule has 0 aliphatic carbocycles. The van der Waals surface area contributed by atoms with Gasteiger partial charge in [0.1, 0.15) is 6.33 Å². The summed E-state index contributed by atoms with van der Waals surface area (Å²) in [4.78, 5) is 18.2. The molecule has 0 aromatic carbocycles. The van der Waals surface area contributed by atoms with Crippen LogP contribution in [0.25, 0.3) is 0 Å². The van der Waals surface area contributed by atoms with Gasteiger partial charge in [-0.1, -0.05) is 0 Å². The second kappa shape index (κ2) is 3.82. The van der Waals surface area contributed by atoms with Crippen molar-refractivity contribution in [1.29, 1.82) is 0 Å². The third-order valence-electron chi connectivity index (χ3n) is 3.57. The number of aromatic nitrogens is 3. The van der Waals surface area contributed by atoms with Crippen LogP contribution in [0.15, 0.2) is 6.33 Å². The normalized spacial score (nSPS) is 33.3. The van der Waals surface area contributed by atoms with Gasteiger partial charge in [-0.05, 0) is 37.5 Å². The summed E-state index contributed by atoms with van der Waals surface area (Å²) in [7, 11) is 0. The molecule has 1 atom stereocenters. The number of Topliss-reactive ketones (excluding diaryl/α,β-unsaturated/α-hetero) is 1. The first kappa shape index (κ1) is 10.2. The van der Waals surface area contributed by atoms with Gasteiger partial charge in [0, 0.05) is 5.92 Å². The van der Waals surface area contributed by atoms with E-state index in [1.165, 1.54) is 0 Å². The van der Waals surface area contributed by atoms with Crippen LogP contribution in [0.2, 0.25) is 5.28 Å². The van der Waals surface area contributed by atoms with Gasteiger partial charge in [-0.25, -0.2) is 9.67 Å². The van der Waals surface area contributed by atoms with Crippen LogP contribution in [-0.4, -0.2) is 44.6 Å². The van der Waals surface area contributed by atoms with Crippen LogP contribution in [0.3, 0.4) is 0 Å². The lowest BCUT2D eigenvalue weighted by atomic mass is 9.82. The van der Waals surface area contributed by atoms with Crippen molar-refractivity contribution in [1.82, 2.24) is 19.7 Å². The van der Waals surface area contributed by atoms with Gasteiger partial charge in [0.05, 0.1) is 12.6 Å². The Morgan fingerprint density at radius 2 is 2.19 bits per heavy atom. The van der Waals surface area contributed by atoms with Crippen molar-refractivity contribution in [2.24, 2.45) is 5.92 Å². The SMILES string of the molecule is O=C1C2CCN(CC2)C1Cn1cnc(Cl)n1. The second-order valence-corrected chi connectivity index (χ2v) is 4.80. The van der Waals surface area contributed by atoms with Gasteiger partial charge in [-0.3, -0.25) is 9.69 Å². The number of ketones is 1. The molecular formula is C10H13ClN4O. The first-order valence-electron chi connectivity index (χ1n) is 5.57. The molecular weight excluding hydrogens is 228 g/mol. The minimum absolute atomic E-state index is 0.0229. The maximum atomic E-state index is 12.1. The molecule has 3 aliphatic heterocycles. The Hall–Kier alpha value is -0.940. The quantitative estimate of drug-likeness (QED) is 0.760. The smallest absolute Gasteiger partial charge is 0.242 e. The van der Waals surface area contributed by atoms with Crippen LogP contribution in [0.1, 0.15) is 12.8 Å². The molecule has 16 heavy (non-hydrogen) atoms. The highest BCUT2D eigenvalue weighted by Crippen LogP contribution is 2.29. The maximum Gasteiger partial charge on any atom is 0.242 e. The number of hydrogen-bond donors (Lipinski definition) is 0. The summed E-state index contributed by atoms with van der Waals surface area (Å²) in [6.07, 6.45) is 3.62. The van der Waals surface area contributed by atoms with E-state index in [1.54, 1.807) is 11.0 Å². The van der Waals surface area contributed by atoms with Crippen molar-refractivity contribution in [3.8, 4) is 0 Å². The molecule has 5 nitrogen and oxygen atoms in total. The van der Waals surface area contributed by atoms with Crippen LogP contribution in [0.4, 0.5) is 0 Å². The van der Waals surface area contributed by atoms with Gasteiger partial charge in [-0.2, -0.15) is 0 Å². The summed E-state index contributed by atoms with van der Waals surface area (Å²) in [5.74, 6) is 0.637. The minimum Gasteiger partial charge on any atom is -0.298 e. The molecule has 1 aromatic rings. The first-order valence-corrected chi connectivity index (χ1v) is 5.94. The highest BCUT2D eigenvalue weighted by Gasteiger charge is 2.40. The van der Waals surface area contributed by atoms with Gasteiger partial charge < -0.3 is 0 Å². The zero-order valence-electron chi connectivity index (χ0n) is 8.84. The van der Waals surface area contributed by atoms with E-state index < -0.39 is 0 Å². The molecule has 3 saturated heterocycles. The van der Waals surface area contributed by atoms with Gasteiger partial charge in [0.15, 0.2) is 5.78 Å². The van der Waals surface area contributed by atoms with Crippen molar-refractivity contribution in [3.63, 3.8) is 0 Å². The highest BCUT2D eigenvalue weighted by molar-refractivity contribution is 6.28. The summed E-state index contributed by atoms with van der Waals surface area (Å²) in [6, 6.07) is -0.0229. The number of nitrogens with zero attached hydrogens (tertiary/aromatic N) is 4. The third kappa shape index (κ3) is 1.64. The monoisotopic (exact) mass is 240 g/mol. The maximum absolute atomic E-state index is 12.1. The van der Waals surface area contributed by atoms with Crippen LogP contribution in [0.5, 0.6) is 0 Å². The largest absolute Gasteiger partial charge is 0.298 e. The van der Waals surface area contributed by atoms with E-state index in [2.05, 4.69) is 15.0 Å². The number of piperidine rings is 3. The fourth-order valence-corrected chi connectivity index (χ4v) is 2.83. The fraction of sp³-hybridized carbons (Fsp3) is 0.700. The fourth-order valence-electron chi connectivity index (χ4n) is 2.69. The molecule has 86 valence electrons. The zero-order valence-corrected chi connectivity index (χ0v) is 9.60. The molecule has 1 unspecified atom stereocenters. The molecule has 0 saturated carbocycles.